The molecule has 2 N–H and O–H groups in total. The van der Waals surface area contributed by atoms with Gasteiger partial charge in [-0.15, -0.1) is 11.3 Å². The van der Waals surface area contributed by atoms with Gasteiger partial charge < -0.3 is 10.6 Å². The number of aromatic nitrogens is 1. The molecule has 0 aliphatic rings. The summed E-state index contributed by atoms with van der Waals surface area (Å²) in [5, 5.41) is 5.93. The molecule has 0 aliphatic heterocycles. The molecule has 0 spiro atoms. The van der Waals surface area contributed by atoms with Crippen LogP contribution in [-0.4, -0.2) is 11.0 Å². The first-order chi connectivity index (χ1) is 15.2. The van der Waals surface area contributed by atoms with E-state index in [0.29, 0.717) is 15.7 Å². The van der Waals surface area contributed by atoms with Crippen LogP contribution in [0, 0.1) is 0 Å². The third-order valence-electron chi connectivity index (χ3n) is 4.16. The van der Waals surface area contributed by atoms with Crippen molar-refractivity contribution in [3.63, 3.8) is 0 Å². The number of nitrogens with zero attached hydrogens (tertiary/aromatic N) is 1. The molecular formula is C21H12Cl2F3N3OS2. The summed E-state index contributed by atoms with van der Waals surface area (Å²) in [5.74, 6) is 0. The molecule has 32 heavy (non-hydrogen) atoms. The lowest BCUT2D eigenvalue weighted by Gasteiger charge is -2.11. The van der Waals surface area contributed by atoms with Crippen LogP contribution in [-0.2, 0) is 6.18 Å². The Kier molecular flexibility index (Phi) is 6.52. The van der Waals surface area contributed by atoms with Crippen molar-refractivity contribution in [1.29, 1.82) is 0 Å². The van der Waals surface area contributed by atoms with E-state index in [9.17, 15) is 18.0 Å². The molecule has 0 bridgehead atoms. The number of carbonyl (C=O) groups is 1. The molecule has 0 aliphatic carbocycles. The van der Waals surface area contributed by atoms with Crippen LogP contribution in [0.15, 0.2) is 69.9 Å². The predicted octanol–water partition coefficient (Wildman–Crippen LogP) is 8.42. The number of halogens is 5. The summed E-state index contributed by atoms with van der Waals surface area (Å²) in [7, 11) is 0. The first-order valence-electron chi connectivity index (χ1n) is 8.96. The number of anilines is 2. The van der Waals surface area contributed by atoms with E-state index < -0.39 is 17.8 Å². The number of benzene rings is 3. The topological polar surface area (TPSA) is 54.0 Å². The molecule has 0 saturated carbocycles. The van der Waals surface area contributed by atoms with Crippen molar-refractivity contribution >= 4 is 73.9 Å². The quantitative estimate of drug-likeness (QED) is 0.288. The zero-order valence-electron chi connectivity index (χ0n) is 15.8. The first kappa shape index (κ1) is 22.7. The smallest absolute Gasteiger partial charge is 0.308 e. The number of amides is 2. The molecule has 2 amide bonds. The van der Waals surface area contributed by atoms with Gasteiger partial charge in [0.15, 0.2) is 4.34 Å². The van der Waals surface area contributed by atoms with Gasteiger partial charge in [0.25, 0.3) is 0 Å². The van der Waals surface area contributed by atoms with E-state index in [4.69, 9.17) is 23.2 Å². The van der Waals surface area contributed by atoms with Crippen LogP contribution < -0.4 is 10.6 Å². The third kappa shape index (κ3) is 5.47. The monoisotopic (exact) mass is 513 g/mol. The van der Waals surface area contributed by atoms with Gasteiger partial charge >= 0.3 is 12.2 Å². The first-order valence-corrected chi connectivity index (χ1v) is 11.3. The fraction of sp³-hybridized carbons (Fsp3) is 0.0476. The number of hydrogen-bond acceptors (Lipinski definition) is 4. The molecule has 164 valence electrons. The summed E-state index contributed by atoms with van der Waals surface area (Å²) in [6, 6.07) is 14.1. The number of nitrogens with one attached hydrogen (secondary N) is 2. The van der Waals surface area contributed by atoms with Gasteiger partial charge in [0.05, 0.1) is 20.8 Å². The molecule has 0 unspecified atom stereocenters. The van der Waals surface area contributed by atoms with Gasteiger partial charge in [-0.05, 0) is 54.6 Å². The second kappa shape index (κ2) is 9.19. The minimum absolute atomic E-state index is 0.0199. The summed E-state index contributed by atoms with van der Waals surface area (Å²) in [5.41, 5.74) is 0.356. The predicted molar refractivity (Wildman–Crippen MR) is 124 cm³/mol. The van der Waals surface area contributed by atoms with Crippen molar-refractivity contribution in [2.75, 3.05) is 10.6 Å². The van der Waals surface area contributed by atoms with Gasteiger partial charge in [-0.3, -0.25) is 0 Å². The molecule has 0 fully saturated rings. The average Bonchev–Trinajstić information content (AvgIpc) is 3.11. The van der Waals surface area contributed by atoms with Crippen molar-refractivity contribution in [3.8, 4) is 0 Å². The van der Waals surface area contributed by atoms with Crippen LogP contribution in [0.25, 0.3) is 10.2 Å². The molecule has 4 aromatic rings. The molecule has 4 rings (SSSR count). The van der Waals surface area contributed by atoms with Crippen molar-refractivity contribution in [2.24, 2.45) is 0 Å². The molecule has 0 radical (unpaired) electrons. The highest BCUT2D eigenvalue weighted by molar-refractivity contribution is 8.01. The van der Waals surface area contributed by atoms with E-state index in [0.717, 1.165) is 31.6 Å². The Morgan fingerprint density at radius 2 is 1.72 bits per heavy atom. The van der Waals surface area contributed by atoms with Gasteiger partial charge in [0.1, 0.15) is 0 Å². The zero-order valence-corrected chi connectivity index (χ0v) is 19.0. The highest BCUT2D eigenvalue weighted by Gasteiger charge is 2.30. The number of fused-ring (bicyclic) bond motifs is 1. The fourth-order valence-corrected chi connectivity index (χ4v) is 5.22. The zero-order chi connectivity index (χ0) is 22.9. The van der Waals surface area contributed by atoms with Crippen LogP contribution in [0.3, 0.4) is 0 Å². The van der Waals surface area contributed by atoms with Gasteiger partial charge in [0.2, 0.25) is 0 Å². The summed E-state index contributed by atoms with van der Waals surface area (Å²) in [4.78, 5) is 17.5. The van der Waals surface area contributed by atoms with Gasteiger partial charge in [-0.1, -0.05) is 41.0 Å². The maximum atomic E-state index is 12.8. The van der Waals surface area contributed by atoms with Crippen LogP contribution in [0.2, 0.25) is 10.0 Å². The minimum atomic E-state index is -4.50. The van der Waals surface area contributed by atoms with E-state index in [1.54, 1.807) is 30.3 Å². The summed E-state index contributed by atoms with van der Waals surface area (Å²) in [6.07, 6.45) is -4.50. The standard InChI is InChI=1S/C21H12Cl2F3N3OS2/c22-12-4-6-18-16(9-12)29-20(32-18)31-17-7-5-14(10-15(17)23)28-19(30)27-13-3-1-2-11(8-13)21(24,25)26/h1-10H,(H2,27,28,30). The Morgan fingerprint density at radius 3 is 2.44 bits per heavy atom. The Hall–Kier alpha value is -2.46. The highest BCUT2D eigenvalue weighted by atomic mass is 35.5. The lowest BCUT2D eigenvalue weighted by atomic mass is 10.2. The van der Waals surface area contributed by atoms with Crippen molar-refractivity contribution < 1.29 is 18.0 Å². The molecule has 4 nitrogen and oxygen atoms in total. The summed E-state index contributed by atoms with van der Waals surface area (Å²) >= 11 is 15.2. The number of rotatable bonds is 4. The van der Waals surface area contributed by atoms with Gasteiger partial charge in [0, 0.05) is 21.3 Å². The van der Waals surface area contributed by atoms with Crippen molar-refractivity contribution in [1.82, 2.24) is 4.98 Å². The summed E-state index contributed by atoms with van der Waals surface area (Å²) in [6.45, 7) is 0. The van der Waals surface area contributed by atoms with Crippen molar-refractivity contribution in [2.45, 2.75) is 15.4 Å². The van der Waals surface area contributed by atoms with E-state index >= 15 is 0 Å². The van der Waals surface area contributed by atoms with E-state index in [1.807, 2.05) is 6.07 Å². The maximum Gasteiger partial charge on any atom is 0.416 e. The molecule has 1 aromatic heterocycles. The second-order valence-electron chi connectivity index (χ2n) is 6.50. The second-order valence-corrected chi connectivity index (χ2v) is 9.66. The highest BCUT2D eigenvalue weighted by Crippen LogP contribution is 2.39. The normalized spacial score (nSPS) is 11.5. The van der Waals surface area contributed by atoms with E-state index in [1.165, 1.54) is 35.2 Å². The van der Waals surface area contributed by atoms with Gasteiger partial charge in [-0.2, -0.15) is 13.2 Å². The number of alkyl halides is 3. The van der Waals surface area contributed by atoms with Crippen LogP contribution in [0.1, 0.15) is 5.56 Å². The van der Waals surface area contributed by atoms with Crippen LogP contribution in [0.5, 0.6) is 0 Å². The van der Waals surface area contributed by atoms with Crippen molar-refractivity contribution in [3.05, 3.63) is 76.3 Å². The molecule has 1 heterocycles. The largest absolute Gasteiger partial charge is 0.416 e. The summed E-state index contributed by atoms with van der Waals surface area (Å²) < 4.78 is 40.2. The van der Waals surface area contributed by atoms with E-state index in [2.05, 4.69) is 15.6 Å². The number of urea groups is 1. The van der Waals surface area contributed by atoms with Crippen LogP contribution in [0.4, 0.5) is 29.3 Å². The Balaban J connectivity index is 1.43. The minimum Gasteiger partial charge on any atom is -0.308 e. The molecule has 0 saturated heterocycles. The fourth-order valence-electron chi connectivity index (χ4n) is 2.75. The third-order valence-corrected chi connectivity index (χ3v) is 7.00. The number of thiazole rings is 1. The SMILES string of the molecule is O=C(Nc1cccc(C(F)(F)F)c1)Nc1ccc(Sc2nc3cc(Cl)ccc3s2)c(Cl)c1. The van der Waals surface area contributed by atoms with E-state index in [-0.39, 0.29) is 5.69 Å². The van der Waals surface area contributed by atoms with Crippen LogP contribution >= 0.6 is 46.3 Å². The average molecular weight is 514 g/mol. The lowest BCUT2D eigenvalue weighted by Crippen LogP contribution is -2.19. The molecule has 3 aromatic carbocycles. The van der Waals surface area contributed by atoms with Gasteiger partial charge in [-0.25, -0.2) is 9.78 Å². The number of carbonyl (C=O) groups excluding carboxylic acids is 1. The Labute approximate surface area is 198 Å². The molecular weight excluding hydrogens is 502 g/mol. The lowest BCUT2D eigenvalue weighted by molar-refractivity contribution is -0.137. The molecule has 11 heteroatoms. The Morgan fingerprint density at radius 1 is 0.969 bits per heavy atom. The maximum absolute atomic E-state index is 12.8. The Bertz CT molecular complexity index is 1310. The number of hydrogen-bond donors (Lipinski definition) is 2. The molecule has 0 atom stereocenters.